The van der Waals surface area contributed by atoms with Gasteiger partial charge in [0, 0.05) is 35.5 Å². The number of nitrogen functional groups attached to an aromatic ring is 1. The first-order valence-corrected chi connectivity index (χ1v) is 7.25. The summed E-state index contributed by atoms with van der Waals surface area (Å²) in [6.07, 6.45) is 0. The number of nitrogens with zero attached hydrogens (tertiary/aromatic N) is 2. The van der Waals surface area contributed by atoms with Gasteiger partial charge in [0.25, 0.3) is 0 Å². The molecule has 3 aromatic rings. The molecule has 23 heavy (non-hydrogen) atoms. The normalized spacial score (nSPS) is 12.0. The quantitative estimate of drug-likeness (QED) is 0.728. The first kappa shape index (κ1) is 15.4. The maximum atomic E-state index is 13.7. The van der Waals surface area contributed by atoms with Gasteiger partial charge in [0.2, 0.25) is 0 Å². The van der Waals surface area contributed by atoms with Crippen molar-refractivity contribution in [3.63, 3.8) is 0 Å². The Labute approximate surface area is 132 Å². The molecule has 0 radical (unpaired) electrons. The van der Waals surface area contributed by atoms with E-state index in [-0.39, 0.29) is 0 Å². The van der Waals surface area contributed by atoms with Crippen molar-refractivity contribution in [2.45, 2.75) is 25.9 Å². The molecule has 0 aliphatic rings. The Morgan fingerprint density at radius 2 is 1.83 bits per heavy atom. The Bertz CT molecular complexity index is 878. The van der Waals surface area contributed by atoms with E-state index in [2.05, 4.69) is 4.98 Å². The standard InChI is InChI=1S/C17H18F2N4/c1-17(2,21)9-23-15-8-13(19)12(18)7-14(15)22-16(23)10-4-3-5-11(20)6-10/h3-8H,9,20-21H2,1-2H3. The average molecular weight is 316 g/mol. The van der Waals surface area contributed by atoms with Crippen molar-refractivity contribution >= 4 is 16.7 Å². The van der Waals surface area contributed by atoms with Crippen molar-refractivity contribution in [1.82, 2.24) is 9.55 Å². The number of aromatic nitrogens is 2. The first-order valence-electron chi connectivity index (χ1n) is 7.25. The zero-order valence-corrected chi connectivity index (χ0v) is 13.0. The molecule has 6 heteroatoms. The highest BCUT2D eigenvalue weighted by Gasteiger charge is 2.20. The fraction of sp³-hybridized carbons (Fsp3) is 0.235. The lowest BCUT2D eigenvalue weighted by atomic mass is 10.1. The lowest BCUT2D eigenvalue weighted by Gasteiger charge is -2.21. The van der Waals surface area contributed by atoms with Gasteiger partial charge < -0.3 is 16.0 Å². The van der Waals surface area contributed by atoms with E-state index in [0.717, 1.165) is 17.7 Å². The molecule has 0 saturated heterocycles. The number of halogens is 2. The number of imidazole rings is 1. The number of rotatable bonds is 3. The number of hydrogen-bond acceptors (Lipinski definition) is 3. The molecule has 0 bridgehead atoms. The summed E-state index contributed by atoms with van der Waals surface area (Å²) < 4.78 is 29.0. The molecule has 4 nitrogen and oxygen atoms in total. The van der Waals surface area contributed by atoms with Crippen molar-refractivity contribution in [1.29, 1.82) is 0 Å². The summed E-state index contributed by atoms with van der Waals surface area (Å²) in [4.78, 5) is 4.46. The predicted octanol–water partition coefficient (Wildman–Crippen LogP) is 3.30. The van der Waals surface area contributed by atoms with E-state index in [1.165, 1.54) is 0 Å². The molecule has 120 valence electrons. The van der Waals surface area contributed by atoms with Gasteiger partial charge >= 0.3 is 0 Å². The minimum Gasteiger partial charge on any atom is -0.399 e. The van der Waals surface area contributed by atoms with Crippen LogP contribution in [0.25, 0.3) is 22.4 Å². The molecule has 2 aromatic carbocycles. The number of anilines is 1. The molecule has 0 amide bonds. The van der Waals surface area contributed by atoms with Crippen molar-refractivity contribution in [3.05, 3.63) is 48.0 Å². The van der Waals surface area contributed by atoms with E-state index >= 15 is 0 Å². The van der Waals surface area contributed by atoms with Gasteiger partial charge in [-0.2, -0.15) is 0 Å². The predicted molar refractivity (Wildman–Crippen MR) is 87.8 cm³/mol. The maximum Gasteiger partial charge on any atom is 0.161 e. The van der Waals surface area contributed by atoms with Crippen molar-refractivity contribution < 1.29 is 8.78 Å². The SMILES string of the molecule is CC(C)(N)Cn1c(-c2cccc(N)c2)nc2cc(F)c(F)cc21. The third-order valence-electron chi connectivity index (χ3n) is 3.50. The largest absolute Gasteiger partial charge is 0.399 e. The lowest BCUT2D eigenvalue weighted by molar-refractivity contribution is 0.442. The van der Waals surface area contributed by atoms with Crippen LogP contribution in [0.4, 0.5) is 14.5 Å². The van der Waals surface area contributed by atoms with Gasteiger partial charge in [0.05, 0.1) is 11.0 Å². The molecule has 0 fully saturated rings. The molecule has 0 aliphatic carbocycles. The Morgan fingerprint density at radius 1 is 1.13 bits per heavy atom. The van der Waals surface area contributed by atoms with Crippen molar-refractivity contribution in [2.75, 3.05) is 5.73 Å². The highest BCUT2D eigenvalue weighted by molar-refractivity contribution is 5.81. The average Bonchev–Trinajstić information content (AvgIpc) is 2.76. The van der Waals surface area contributed by atoms with E-state index in [9.17, 15) is 8.78 Å². The zero-order chi connectivity index (χ0) is 16.8. The smallest absolute Gasteiger partial charge is 0.161 e. The van der Waals surface area contributed by atoms with Crippen LogP contribution < -0.4 is 11.5 Å². The molecule has 0 unspecified atom stereocenters. The summed E-state index contributed by atoms with van der Waals surface area (Å²) >= 11 is 0. The molecule has 1 aromatic heterocycles. The van der Waals surface area contributed by atoms with Gasteiger partial charge in [-0.25, -0.2) is 13.8 Å². The van der Waals surface area contributed by atoms with E-state index < -0.39 is 17.2 Å². The van der Waals surface area contributed by atoms with Crippen LogP contribution in [-0.2, 0) is 6.54 Å². The third kappa shape index (κ3) is 3.03. The topological polar surface area (TPSA) is 69.9 Å². The highest BCUT2D eigenvalue weighted by Crippen LogP contribution is 2.28. The molecular weight excluding hydrogens is 298 g/mol. The van der Waals surface area contributed by atoms with Gasteiger partial charge in [0.1, 0.15) is 5.82 Å². The molecule has 1 heterocycles. The molecule has 0 aliphatic heterocycles. The minimum atomic E-state index is -0.923. The Hall–Kier alpha value is -2.47. The van der Waals surface area contributed by atoms with E-state index in [1.54, 1.807) is 16.7 Å². The Kier molecular flexibility index (Phi) is 3.56. The molecular formula is C17H18F2N4. The first-order chi connectivity index (χ1) is 10.7. The Morgan fingerprint density at radius 3 is 2.48 bits per heavy atom. The Balaban J connectivity index is 2.29. The van der Waals surface area contributed by atoms with Crippen LogP contribution in [0.3, 0.4) is 0 Å². The van der Waals surface area contributed by atoms with Gasteiger partial charge in [0.15, 0.2) is 11.6 Å². The van der Waals surface area contributed by atoms with Crippen LogP contribution in [0.15, 0.2) is 36.4 Å². The summed E-state index contributed by atoms with van der Waals surface area (Å²) in [5.74, 6) is -1.25. The second-order valence-corrected chi connectivity index (χ2v) is 6.39. The number of nitrogens with two attached hydrogens (primary N) is 2. The molecule has 0 atom stereocenters. The monoisotopic (exact) mass is 316 g/mol. The minimum absolute atomic E-state index is 0.380. The summed E-state index contributed by atoms with van der Waals surface area (Å²) in [6.45, 7) is 4.13. The fourth-order valence-corrected chi connectivity index (χ4v) is 2.59. The van der Waals surface area contributed by atoms with Crippen LogP contribution in [0.2, 0.25) is 0 Å². The second-order valence-electron chi connectivity index (χ2n) is 6.39. The summed E-state index contributed by atoms with van der Waals surface area (Å²) in [5, 5.41) is 0. The molecule has 4 N–H and O–H groups in total. The van der Waals surface area contributed by atoms with Crippen molar-refractivity contribution in [3.8, 4) is 11.4 Å². The van der Waals surface area contributed by atoms with Gasteiger partial charge in [-0.15, -0.1) is 0 Å². The third-order valence-corrected chi connectivity index (χ3v) is 3.50. The molecule has 3 rings (SSSR count). The maximum absolute atomic E-state index is 13.7. The lowest BCUT2D eigenvalue weighted by Crippen LogP contribution is -2.37. The summed E-state index contributed by atoms with van der Waals surface area (Å²) in [7, 11) is 0. The van der Waals surface area contributed by atoms with Gasteiger partial charge in [-0.3, -0.25) is 0 Å². The summed E-state index contributed by atoms with van der Waals surface area (Å²) in [5.41, 5.74) is 13.6. The number of hydrogen-bond donors (Lipinski definition) is 2. The van der Waals surface area contributed by atoms with Gasteiger partial charge in [-0.05, 0) is 26.0 Å². The van der Waals surface area contributed by atoms with Crippen LogP contribution in [0, 0.1) is 11.6 Å². The van der Waals surface area contributed by atoms with Crippen molar-refractivity contribution in [2.24, 2.45) is 5.73 Å². The molecule has 0 saturated carbocycles. The van der Waals surface area contributed by atoms with Crippen LogP contribution >= 0.6 is 0 Å². The van der Waals surface area contributed by atoms with E-state index in [0.29, 0.717) is 29.1 Å². The van der Waals surface area contributed by atoms with E-state index in [1.807, 2.05) is 26.0 Å². The summed E-state index contributed by atoms with van der Waals surface area (Å²) in [6, 6.07) is 9.45. The molecule has 0 spiro atoms. The number of benzene rings is 2. The fourth-order valence-electron chi connectivity index (χ4n) is 2.59. The van der Waals surface area contributed by atoms with Crippen LogP contribution in [0.1, 0.15) is 13.8 Å². The zero-order valence-electron chi connectivity index (χ0n) is 13.0. The highest BCUT2D eigenvalue weighted by atomic mass is 19.2. The van der Waals surface area contributed by atoms with Gasteiger partial charge in [-0.1, -0.05) is 12.1 Å². The van der Waals surface area contributed by atoms with Crippen LogP contribution in [0.5, 0.6) is 0 Å². The number of fused-ring (bicyclic) bond motifs is 1. The van der Waals surface area contributed by atoms with E-state index in [4.69, 9.17) is 11.5 Å². The second kappa shape index (κ2) is 5.31. The van der Waals surface area contributed by atoms with Crippen LogP contribution in [-0.4, -0.2) is 15.1 Å².